The molecule has 0 spiro atoms. The molecule has 0 amide bonds. The van der Waals surface area contributed by atoms with E-state index in [-0.39, 0.29) is 12.6 Å². The number of benzene rings is 1. The maximum absolute atomic E-state index is 10.9. The maximum Gasteiger partial charge on any atom is 0.308 e. The predicted octanol–water partition coefficient (Wildman–Crippen LogP) is 1.00. The van der Waals surface area contributed by atoms with Gasteiger partial charge in [-0.1, -0.05) is 6.07 Å². The largest absolute Gasteiger partial charge is 0.493 e. The van der Waals surface area contributed by atoms with Crippen LogP contribution >= 0.6 is 0 Å². The molecule has 0 aromatic heterocycles. The molecule has 0 heterocycles. The third kappa shape index (κ3) is 3.72. The van der Waals surface area contributed by atoms with Crippen LogP contribution < -0.4 is 15.2 Å². The number of aliphatic hydroxyl groups is 1. The van der Waals surface area contributed by atoms with Crippen LogP contribution in [-0.2, 0) is 4.79 Å². The van der Waals surface area contributed by atoms with Gasteiger partial charge < -0.3 is 20.3 Å². The van der Waals surface area contributed by atoms with Crippen LogP contribution in [0, 0.1) is 0 Å². The topological polar surface area (TPSA) is 81.8 Å². The number of esters is 1. The minimum atomic E-state index is -0.407. The third-order valence-electron chi connectivity index (χ3n) is 2.31. The van der Waals surface area contributed by atoms with Gasteiger partial charge in [0.2, 0.25) is 0 Å². The summed E-state index contributed by atoms with van der Waals surface area (Å²) in [7, 11) is 1.49. The standard InChI is InChI=1S/C12H17NO4/c1-8(15)17-11-4-3-9(7-12(11)16-2)10(13)5-6-14/h3-4,7,10,14H,5-6,13H2,1-2H3/t10-/m0/s1. The number of ether oxygens (including phenoxy) is 2. The third-order valence-corrected chi connectivity index (χ3v) is 2.31. The Morgan fingerprint density at radius 3 is 2.71 bits per heavy atom. The molecule has 5 heteroatoms. The second kappa shape index (κ2) is 6.22. The molecule has 1 aromatic carbocycles. The summed E-state index contributed by atoms with van der Waals surface area (Å²) in [5, 5.41) is 8.82. The molecule has 0 fully saturated rings. The molecule has 3 N–H and O–H groups in total. The summed E-state index contributed by atoms with van der Waals surface area (Å²) in [6, 6.07) is 4.83. The van der Waals surface area contributed by atoms with Crippen molar-refractivity contribution in [3.8, 4) is 11.5 Å². The minimum Gasteiger partial charge on any atom is -0.493 e. The van der Waals surface area contributed by atoms with Crippen molar-refractivity contribution in [1.29, 1.82) is 0 Å². The molecule has 0 radical (unpaired) electrons. The van der Waals surface area contributed by atoms with E-state index in [1.807, 2.05) is 0 Å². The second-order valence-electron chi connectivity index (χ2n) is 3.62. The zero-order valence-electron chi connectivity index (χ0n) is 9.97. The highest BCUT2D eigenvalue weighted by Crippen LogP contribution is 2.30. The predicted molar refractivity (Wildman–Crippen MR) is 62.9 cm³/mol. The van der Waals surface area contributed by atoms with Crippen LogP contribution in [0.2, 0.25) is 0 Å². The Labute approximate surface area is 100 Å². The molecule has 94 valence electrons. The Morgan fingerprint density at radius 1 is 1.47 bits per heavy atom. The lowest BCUT2D eigenvalue weighted by molar-refractivity contribution is -0.132. The molecule has 0 aliphatic carbocycles. The molecule has 1 aromatic rings. The van der Waals surface area contributed by atoms with Crippen molar-refractivity contribution >= 4 is 5.97 Å². The monoisotopic (exact) mass is 239 g/mol. The molecule has 0 aliphatic heterocycles. The normalized spacial score (nSPS) is 12.0. The molecule has 1 atom stereocenters. The molecule has 1 rings (SSSR count). The number of hydrogen-bond acceptors (Lipinski definition) is 5. The van der Waals surface area contributed by atoms with E-state index in [1.165, 1.54) is 14.0 Å². The summed E-state index contributed by atoms with van der Waals surface area (Å²) in [6.45, 7) is 1.35. The van der Waals surface area contributed by atoms with Gasteiger partial charge in [-0.05, 0) is 24.1 Å². The summed E-state index contributed by atoms with van der Waals surface area (Å²) >= 11 is 0. The van der Waals surface area contributed by atoms with Crippen molar-refractivity contribution < 1.29 is 19.4 Å². The average molecular weight is 239 g/mol. The first-order chi connectivity index (χ1) is 8.08. The Bertz CT molecular complexity index is 392. The van der Waals surface area contributed by atoms with E-state index in [1.54, 1.807) is 18.2 Å². The molecule has 0 saturated carbocycles. The lowest BCUT2D eigenvalue weighted by atomic mass is 10.0. The average Bonchev–Trinajstić information content (AvgIpc) is 2.29. The molecule has 0 aliphatic rings. The van der Waals surface area contributed by atoms with Gasteiger partial charge in [0.05, 0.1) is 7.11 Å². The molecular formula is C12H17NO4. The fraction of sp³-hybridized carbons (Fsp3) is 0.417. The summed E-state index contributed by atoms with van der Waals surface area (Å²) in [4.78, 5) is 10.9. The molecule has 0 unspecified atom stereocenters. The van der Waals surface area contributed by atoms with Gasteiger partial charge >= 0.3 is 5.97 Å². The first-order valence-electron chi connectivity index (χ1n) is 5.31. The van der Waals surface area contributed by atoms with Gasteiger partial charge in [-0.25, -0.2) is 0 Å². The summed E-state index contributed by atoms with van der Waals surface area (Å²) in [5.74, 6) is 0.404. The lowest BCUT2D eigenvalue weighted by Crippen LogP contribution is -2.12. The van der Waals surface area contributed by atoms with E-state index >= 15 is 0 Å². The van der Waals surface area contributed by atoms with E-state index in [2.05, 4.69) is 0 Å². The van der Waals surface area contributed by atoms with E-state index in [4.69, 9.17) is 20.3 Å². The quantitative estimate of drug-likeness (QED) is 0.591. The number of rotatable bonds is 5. The van der Waals surface area contributed by atoms with Crippen LogP contribution in [0.15, 0.2) is 18.2 Å². The van der Waals surface area contributed by atoms with E-state index < -0.39 is 5.97 Å². The number of methoxy groups -OCH3 is 1. The number of hydrogen-bond donors (Lipinski definition) is 2. The van der Waals surface area contributed by atoms with Crippen molar-refractivity contribution in [2.24, 2.45) is 5.73 Å². The minimum absolute atomic E-state index is 0.0230. The fourth-order valence-electron chi connectivity index (χ4n) is 1.46. The Morgan fingerprint density at radius 2 is 2.18 bits per heavy atom. The highest BCUT2D eigenvalue weighted by Gasteiger charge is 2.11. The Hall–Kier alpha value is -1.59. The molecule has 17 heavy (non-hydrogen) atoms. The van der Waals surface area contributed by atoms with Crippen LogP contribution in [0.5, 0.6) is 11.5 Å². The smallest absolute Gasteiger partial charge is 0.308 e. The van der Waals surface area contributed by atoms with Gasteiger partial charge in [0.25, 0.3) is 0 Å². The van der Waals surface area contributed by atoms with Crippen LogP contribution in [0.25, 0.3) is 0 Å². The van der Waals surface area contributed by atoms with Gasteiger partial charge in [-0.15, -0.1) is 0 Å². The number of carbonyl (C=O) groups excluding carboxylic acids is 1. The van der Waals surface area contributed by atoms with E-state index in [0.717, 1.165) is 5.56 Å². The van der Waals surface area contributed by atoms with E-state index in [0.29, 0.717) is 17.9 Å². The first kappa shape index (κ1) is 13.5. The maximum atomic E-state index is 10.9. The Kier molecular flexibility index (Phi) is 4.93. The van der Waals surface area contributed by atoms with Crippen molar-refractivity contribution in [1.82, 2.24) is 0 Å². The van der Waals surface area contributed by atoms with Gasteiger partial charge in [-0.3, -0.25) is 4.79 Å². The zero-order chi connectivity index (χ0) is 12.8. The molecule has 0 saturated heterocycles. The lowest BCUT2D eigenvalue weighted by Gasteiger charge is -2.14. The second-order valence-corrected chi connectivity index (χ2v) is 3.62. The van der Waals surface area contributed by atoms with Crippen LogP contribution in [0.3, 0.4) is 0 Å². The number of nitrogens with two attached hydrogens (primary N) is 1. The van der Waals surface area contributed by atoms with Crippen molar-refractivity contribution in [2.75, 3.05) is 13.7 Å². The molecular weight excluding hydrogens is 222 g/mol. The molecule has 5 nitrogen and oxygen atoms in total. The van der Waals surface area contributed by atoms with Crippen LogP contribution in [0.4, 0.5) is 0 Å². The van der Waals surface area contributed by atoms with E-state index in [9.17, 15) is 4.79 Å². The first-order valence-corrected chi connectivity index (χ1v) is 5.31. The van der Waals surface area contributed by atoms with Gasteiger partial charge in [-0.2, -0.15) is 0 Å². The van der Waals surface area contributed by atoms with Gasteiger partial charge in [0, 0.05) is 19.6 Å². The van der Waals surface area contributed by atoms with Gasteiger partial charge in [0.15, 0.2) is 11.5 Å². The number of carbonyl (C=O) groups is 1. The highest BCUT2D eigenvalue weighted by molar-refractivity contribution is 5.70. The molecule has 0 bridgehead atoms. The van der Waals surface area contributed by atoms with Crippen molar-refractivity contribution in [3.63, 3.8) is 0 Å². The summed E-state index contributed by atoms with van der Waals surface area (Å²) in [5.41, 5.74) is 6.68. The summed E-state index contributed by atoms with van der Waals surface area (Å²) < 4.78 is 10.1. The van der Waals surface area contributed by atoms with Crippen molar-refractivity contribution in [3.05, 3.63) is 23.8 Å². The highest BCUT2D eigenvalue weighted by atomic mass is 16.6. The SMILES string of the molecule is COc1cc([C@@H](N)CCO)ccc1OC(C)=O. The number of aliphatic hydroxyl groups excluding tert-OH is 1. The van der Waals surface area contributed by atoms with Gasteiger partial charge in [0.1, 0.15) is 0 Å². The Balaban J connectivity index is 2.95. The fourth-order valence-corrected chi connectivity index (χ4v) is 1.46. The van der Waals surface area contributed by atoms with Crippen LogP contribution in [-0.4, -0.2) is 24.8 Å². The zero-order valence-corrected chi connectivity index (χ0v) is 9.97. The van der Waals surface area contributed by atoms with Crippen molar-refractivity contribution in [2.45, 2.75) is 19.4 Å². The van der Waals surface area contributed by atoms with Crippen LogP contribution in [0.1, 0.15) is 24.9 Å². The summed E-state index contributed by atoms with van der Waals surface area (Å²) in [6.07, 6.45) is 0.468.